The van der Waals surface area contributed by atoms with Crippen molar-refractivity contribution in [1.82, 2.24) is 19.3 Å². The van der Waals surface area contributed by atoms with E-state index in [-0.39, 0.29) is 21.1 Å². The van der Waals surface area contributed by atoms with Crippen LogP contribution < -0.4 is 4.74 Å². The first-order chi connectivity index (χ1) is 22.6. The number of benzene rings is 4. The van der Waals surface area contributed by atoms with Gasteiger partial charge in [0.1, 0.15) is 5.82 Å². The summed E-state index contributed by atoms with van der Waals surface area (Å²) < 4.78 is 10.7. The van der Waals surface area contributed by atoms with Crippen molar-refractivity contribution in [2.45, 2.75) is 60.8 Å². The second-order valence-electron chi connectivity index (χ2n) is 13.4. The molecule has 0 aliphatic carbocycles. The summed E-state index contributed by atoms with van der Waals surface area (Å²) in [4.78, 5) is 4.80. The van der Waals surface area contributed by atoms with E-state index in [4.69, 9.17) is 14.8 Å². The average Bonchev–Trinajstić information content (AvgIpc) is 3.63. The fourth-order valence-corrected chi connectivity index (χ4v) is 6.75. The maximum Gasteiger partial charge on any atom is 2.00 e. The first-order valence-corrected chi connectivity index (χ1v) is 16.4. The summed E-state index contributed by atoms with van der Waals surface area (Å²) in [5.41, 5.74) is 11.3. The minimum absolute atomic E-state index is 0. The number of rotatable bonds is 8. The fourth-order valence-electron chi connectivity index (χ4n) is 6.75. The molecule has 0 saturated heterocycles. The second-order valence-corrected chi connectivity index (χ2v) is 13.4. The molecule has 0 spiro atoms. The molecule has 4 aromatic carbocycles. The van der Waals surface area contributed by atoms with Gasteiger partial charge < -0.3 is 9.30 Å². The zero-order valence-corrected chi connectivity index (χ0v) is 30.8. The maximum atomic E-state index is 6.56. The topological polar surface area (TPSA) is 44.9 Å². The van der Waals surface area contributed by atoms with E-state index in [1.165, 1.54) is 27.8 Å². The summed E-state index contributed by atoms with van der Waals surface area (Å²) in [5.74, 6) is 2.98. The number of ether oxygens (including phenoxy) is 1. The molecule has 0 saturated carbocycles. The molecular formula is C42H40N4OPt. The van der Waals surface area contributed by atoms with Crippen LogP contribution in [0.2, 0.25) is 0 Å². The Kier molecular flexibility index (Phi) is 9.45. The molecule has 244 valence electrons. The van der Waals surface area contributed by atoms with E-state index >= 15 is 0 Å². The average molecular weight is 812 g/mol. The maximum absolute atomic E-state index is 6.56. The molecule has 6 heteroatoms. The number of hydrogen-bond acceptors (Lipinski definition) is 3. The number of nitrogens with zero attached hydrogens (tertiary/aromatic N) is 4. The molecule has 0 atom stereocenters. The number of hydrogen-bond donors (Lipinski definition) is 0. The van der Waals surface area contributed by atoms with Crippen LogP contribution >= 0.6 is 0 Å². The number of fused-ring (bicyclic) bond motifs is 3. The predicted octanol–water partition coefficient (Wildman–Crippen LogP) is 10.7. The molecule has 0 aliphatic rings. The summed E-state index contributed by atoms with van der Waals surface area (Å²) >= 11 is 0. The Morgan fingerprint density at radius 2 is 1.58 bits per heavy atom. The Morgan fingerprint density at radius 3 is 2.33 bits per heavy atom. The van der Waals surface area contributed by atoms with Crippen LogP contribution in [0.15, 0.2) is 91.4 Å². The number of aromatic nitrogens is 4. The van der Waals surface area contributed by atoms with Gasteiger partial charge in [0.15, 0.2) is 0 Å². The molecular weight excluding hydrogens is 772 g/mol. The Bertz CT molecular complexity index is 2240. The molecule has 48 heavy (non-hydrogen) atoms. The zero-order valence-electron chi connectivity index (χ0n) is 28.5. The Balaban J connectivity index is 0.00000401. The van der Waals surface area contributed by atoms with Gasteiger partial charge in [0.2, 0.25) is 0 Å². The third-order valence-corrected chi connectivity index (χ3v) is 8.77. The first-order valence-electron chi connectivity index (χ1n) is 16.4. The SMILES string of the molecule is Cc1cc(C)c(-c2cnn(-c3[c-]c(Oc4[c-]c5c(cc4)c4ccccc4n5-c4cc(CC(C)C)ccn4)cc(C(C)C)c3)c2)c(C)c1.[Pt+2]. The smallest absolute Gasteiger partial charge is 0.509 e. The van der Waals surface area contributed by atoms with Crippen molar-refractivity contribution in [2.24, 2.45) is 5.92 Å². The normalized spacial score (nSPS) is 11.5. The van der Waals surface area contributed by atoms with E-state index in [0.29, 0.717) is 23.3 Å². The molecule has 5 nitrogen and oxygen atoms in total. The minimum atomic E-state index is 0. The molecule has 0 amide bonds. The third-order valence-electron chi connectivity index (χ3n) is 8.77. The molecule has 0 aliphatic heterocycles. The van der Waals surface area contributed by atoms with Crippen LogP contribution in [0.3, 0.4) is 0 Å². The molecule has 0 N–H and O–H groups in total. The van der Waals surface area contributed by atoms with Crippen molar-refractivity contribution >= 4 is 21.8 Å². The molecule has 0 bridgehead atoms. The van der Waals surface area contributed by atoms with Gasteiger partial charge in [0.05, 0.1) is 6.20 Å². The number of para-hydroxylation sites is 1. The van der Waals surface area contributed by atoms with Crippen molar-refractivity contribution in [2.75, 3.05) is 0 Å². The van der Waals surface area contributed by atoms with E-state index in [1.54, 1.807) is 0 Å². The van der Waals surface area contributed by atoms with Gasteiger partial charge in [0, 0.05) is 35.0 Å². The van der Waals surface area contributed by atoms with Gasteiger partial charge in [-0.2, -0.15) is 11.2 Å². The first kappa shape index (κ1) is 33.4. The van der Waals surface area contributed by atoms with Gasteiger partial charge in [-0.05, 0) is 90.6 Å². The molecule has 7 rings (SSSR count). The molecule has 3 aromatic heterocycles. The van der Waals surface area contributed by atoms with Crippen LogP contribution in [0.4, 0.5) is 0 Å². The number of pyridine rings is 1. The number of aryl methyl sites for hydroxylation is 3. The Hall–Kier alpha value is -4.47. The zero-order chi connectivity index (χ0) is 32.8. The van der Waals surface area contributed by atoms with Gasteiger partial charge in [0.25, 0.3) is 0 Å². The van der Waals surface area contributed by atoms with Gasteiger partial charge in [-0.1, -0.05) is 69.1 Å². The van der Waals surface area contributed by atoms with Crippen molar-refractivity contribution in [1.29, 1.82) is 0 Å². The molecule has 0 unspecified atom stereocenters. The quantitative estimate of drug-likeness (QED) is 0.144. The van der Waals surface area contributed by atoms with Crippen LogP contribution in [-0.4, -0.2) is 19.3 Å². The summed E-state index contributed by atoms with van der Waals surface area (Å²) in [6.07, 6.45) is 6.92. The Morgan fingerprint density at radius 1 is 0.812 bits per heavy atom. The van der Waals surface area contributed by atoms with Crippen molar-refractivity contribution in [3.63, 3.8) is 0 Å². The van der Waals surface area contributed by atoms with Gasteiger partial charge in [-0.15, -0.1) is 41.3 Å². The van der Waals surface area contributed by atoms with E-state index in [1.807, 2.05) is 23.1 Å². The van der Waals surface area contributed by atoms with E-state index in [0.717, 1.165) is 50.9 Å². The minimum Gasteiger partial charge on any atom is -0.509 e. The monoisotopic (exact) mass is 811 g/mol. The van der Waals surface area contributed by atoms with E-state index < -0.39 is 0 Å². The van der Waals surface area contributed by atoms with Crippen molar-refractivity contribution in [3.05, 3.63) is 131 Å². The standard InChI is InChI=1S/C42H40N4O.Pt/c1-26(2)16-31-14-15-43-41(19-31)46-39-11-9-8-10-37(39)38-13-12-35(23-40(38)46)47-36-21-32(27(3)4)20-34(22-36)45-25-33(24-44-45)42-29(6)17-28(5)18-30(42)7;/h8-15,17-21,24-27H,16H2,1-7H3;/q-2;+2. The summed E-state index contributed by atoms with van der Waals surface area (Å²) in [7, 11) is 0. The van der Waals surface area contributed by atoms with Crippen molar-refractivity contribution in [3.8, 4) is 34.1 Å². The summed E-state index contributed by atoms with van der Waals surface area (Å²) in [6.45, 7) is 15.3. The van der Waals surface area contributed by atoms with E-state index in [2.05, 4.69) is 138 Å². The van der Waals surface area contributed by atoms with Gasteiger partial charge in [-0.3, -0.25) is 4.68 Å². The van der Waals surface area contributed by atoms with Crippen LogP contribution in [0, 0.1) is 38.8 Å². The molecule has 0 fully saturated rings. The predicted molar refractivity (Wildman–Crippen MR) is 192 cm³/mol. The van der Waals surface area contributed by atoms with E-state index in [9.17, 15) is 0 Å². The fraction of sp³-hybridized carbons (Fsp3) is 0.238. The Labute approximate surface area is 297 Å². The largest absolute Gasteiger partial charge is 2.00 e. The van der Waals surface area contributed by atoms with Crippen LogP contribution in [0.25, 0.3) is 44.4 Å². The summed E-state index contributed by atoms with van der Waals surface area (Å²) in [6, 6.07) is 32.6. The van der Waals surface area contributed by atoms with Crippen LogP contribution in [0.1, 0.15) is 61.4 Å². The van der Waals surface area contributed by atoms with Gasteiger partial charge >= 0.3 is 21.1 Å². The summed E-state index contributed by atoms with van der Waals surface area (Å²) in [5, 5.41) is 7.03. The molecule has 7 aromatic rings. The van der Waals surface area contributed by atoms with Crippen LogP contribution in [-0.2, 0) is 27.5 Å². The van der Waals surface area contributed by atoms with Crippen LogP contribution in [0.5, 0.6) is 11.5 Å². The van der Waals surface area contributed by atoms with Gasteiger partial charge in [-0.25, -0.2) is 4.98 Å². The van der Waals surface area contributed by atoms with Crippen molar-refractivity contribution < 1.29 is 25.8 Å². The second kappa shape index (κ2) is 13.6. The molecule has 3 heterocycles. The molecule has 0 radical (unpaired) electrons. The third kappa shape index (κ3) is 6.49.